The molecule has 2 aromatic carbocycles. The van der Waals surface area contributed by atoms with Crippen LogP contribution in [-0.4, -0.2) is 42.5 Å². The van der Waals surface area contributed by atoms with Crippen molar-refractivity contribution in [3.05, 3.63) is 70.7 Å². The van der Waals surface area contributed by atoms with Gasteiger partial charge in [0.1, 0.15) is 0 Å². The quantitative estimate of drug-likeness (QED) is 0.416. The molecule has 0 N–H and O–H groups in total. The zero-order chi connectivity index (χ0) is 22.2. The summed E-state index contributed by atoms with van der Waals surface area (Å²) in [4.78, 5) is 5.10. The summed E-state index contributed by atoms with van der Waals surface area (Å²) in [7, 11) is 0. The predicted octanol–water partition coefficient (Wildman–Crippen LogP) is 7.43. The van der Waals surface area contributed by atoms with Gasteiger partial charge in [0.15, 0.2) is 0 Å². The van der Waals surface area contributed by atoms with Crippen LogP contribution in [0, 0.1) is 11.3 Å². The number of unbranched alkanes of at least 4 members (excludes halogenated alkanes) is 2. The summed E-state index contributed by atoms with van der Waals surface area (Å²) in [5.41, 5.74) is 2.63. The molecule has 0 spiro atoms. The lowest BCUT2D eigenvalue weighted by Crippen LogP contribution is -2.48. The zero-order valence-electron chi connectivity index (χ0n) is 19.1. The Balaban J connectivity index is 0.00000170. The lowest BCUT2D eigenvalue weighted by Gasteiger charge is -2.39. The first kappa shape index (κ1) is 29.1. The third-order valence-corrected chi connectivity index (χ3v) is 5.34. The second-order valence-corrected chi connectivity index (χ2v) is 7.29. The fourth-order valence-electron chi connectivity index (χ4n) is 3.68. The highest BCUT2D eigenvalue weighted by atomic mass is 35.5. The molecule has 3 rings (SSSR count). The summed E-state index contributed by atoms with van der Waals surface area (Å²) >= 11 is 6.10. The van der Waals surface area contributed by atoms with Gasteiger partial charge in [-0.25, -0.2) is 0 Å². The Morgan fingerprint density at radius 3 is 1.94 bits per heavy atom. The van der Waals surface area contributed by atoms with Gasteiger partial charge in [0, 0.05) is 37.6 Å². The molecule has 2 aromatic rings. The maximum Gasteiger partial charge on any atom is 0.0621 e. The Labute approximate surface area is 196 Å². The Bertz CT molecular complexity index is 702. The van der Waals surface area contributed by atoms with Crippen LogP contribution >= 0.6 is 11.6 Å². The minimum absolute atomic E-state index is 0. The molecule has 0 aromatic heterocycles. The van der Waals surface area contributed by atoms with Gasteiger partial charge in [0.2, 0.25) is 0 Å². The number of rotatable bonds is 7. The Morgan fingerprint density at radius 2 is 1.39 bits per heavy atom. The Hall–Kier alpha value is -1.86. The monoisotopic (exact) mass is 443 g/mol. The van der Waals surface area contributed by atoms with Gasteiger partial charge in [-0.2, -0.15) is 5.26 Å². The van der Waals surface area contributed by atoms with Crippen LogP contribution in [0.25, 0.3) is 0 Å². The molecule has 1 aliphatic rings. The molecule has 0 amide bonds. The maximum absolute atomic E-state index is 8.65. The fraction of sp³-hybridized carbons (Fsp3) is 0.519. The first-order valence-corrected chi connectivity index (χ1v) is 11.8. The molecule has 1 unspecified atom stereocenters. The first-order valence-electron chi connectivity index (χ1n) is 11.4. The molecular weight excluding hydrogens is 402 g/mol. The molecule has 3 nitrogen and oxygen atoms in total. The predicted molar refractivity (Wildman–Crippen MR) is 137 cm³/mol. The van der Waals surface area contributed by atoms with Crippen molar-refractivity contribution < 1.29 is 0 Å². The first-order chi connectivity index (χ1) is 14.8. The normalized spacial score (nSPS) is 14.6. The highest BCUT2D eigenvalue weighted by molar-refractivity contribution is 6.30. The van der Waals surface area contributed by atoms with Gasteiger partial charge < -0.3 is 4.90 Å². The van der Waals surface area contributed by atoms with E-state index in [1.165, 1.54) is 11.1 Å². The van der Waals surface area contributed by atoms with Crippen molar-refractivity contribution in [1.29, 1.82) is 5.26 Å². The van der Waals surface area contributed by atoms with Crippen molar-refractivity contribution in [1.82, 2.24) is 9.80 Å². The third kappa shape index (κ3) is 9.87. The van der Waals surface area contributed by atoms with Gasteiger partial charge in [0.25, 0.3) is 0 Å². The van der Waals surface area contributed by atoms with Crippen LogP contribution in [0.5, 0.6) is 0 Å². The van der Waals surface area contributed by atoms with E-state index in [-0.39, 0.29) is 13.5 Å². The minimum Gasteiger partial charge on any atom is -0.301 e. The largest absolute Gasteiger partial charge is 0.301 e. The van der Waals surface area contributed by atoms with E-state index in [0.29, 0.717) is 6.42 Å². The fourth-order valence-corrected chi connectivity index (χ4v) is 3.81. The van der Waals surface area contributed by atoms with Gasteiger partial charge in [0.05, 0.1) is 12.1 Å². The maximum atomic E-state index is 8.65. The number of hydrogen-bond acceptors (Lipinski definition) is 3. The van der Waals surface area contributed by atoms with Gasteiger partial charge in [-0.3, -0.25) is 4.90 Å². The van der Waals surface area contributed by atoms with Gasteiger partial charge in [-0.15, -0.1) is 0 Å². The highest BCUT2D eigenvalue weighted by Gasteiger charge is 2.26. The highest BCUT2D eigenvalue weighted by Crippen LogP contribution is 2.30. The van der Waals surface area contributed by atoms with E-state index in [2.05, 4.69) is 58.3 Å². The van der Waals surface area contributed by atoms with E-state index < -0.39 is 0 Å². The van der Waals surface area contributed by atoms with E-state index in [1.54, 1.807) is 0 Å². The molecular formula is C27H42ClN3. The van der Waals surface area contributed by atoms with Crippen molar-refractivity contribution in [2.24, 2.45) is 0 Å². The van der Waals surface area contributed by atoms with Gasteiger partial charge in [-0.1, -0.05) is 89.2 Å². The Morgan fingerprint density at radius 1 is 0.839 bits per heavy atom. The van der Waals surface area contributed by atoms with E-state index in [9.17, 15) is 0 Å². The van der Waals surface area contributed by atoms with E-state index >= 15 is 0 Å². The molecule has 1 heterocycles. The summed E-state index contributed by atoms with van der Waals surface area (Å²) < 4.78 is 0. The summed E-state index contributed by atoms with van der Waals surface area (Å²) in [5.74, 6) is 0. The summed E-state index contributed by atoms with van der Waals surface area (Å²) in [6.45, 7) is 13.4. The molecule has 0 radical (unpaired) electrons. The van der Waals surface area contributed by atoms with Crippen LogP contribution in [0.3, 0.4) is 0 Å². The van der Waals surface area contributed by atoms with E-state index in [0.717, 1.165) is 50.6 Å². The van der Waals surface area contributed by atoms with Crippen LogP contribution in [0.4, 0.5) is 0 Å². The average Bonchev–Trinajstić information content (AvgIpc) is 2.82. The van der Waals surface area contributed by atoms with E-state index in [1.807, 2.05) is 39.8 Å². The van der Waals surface area contributed by atoms with Crippen molar-refractivity contribution in [2.45, 2.75) is 60.4 Å². The number of nitriles is 1. The summed E-state index contributed by atoms with van der Waals surface area (Å²) in [6, 6.07) is 21.5. The van der Waals surface area contributed by atoms with E-state index in [4.69, 9.17) is 16.9 Å². The van der Waals surface area contributed by atoms with Crippen molar-refractivity contribution in [3.63, 3.8) is 0 Å². The molecule has 1 saturated heterocycles. The number of benzene rings is 2. The summed E-state index contributed by atoms with van der Waals surface area (Å²) in [5, 5.41) is 9.43. The molecule has 31 heavy (non-hydrogen) atoms. The molecule has 1 atom stereocenters. The standard InChI is InChI=1S/C22H26ClN3.2C2H6.CH4/c23-21-11-9-20(10-12-21)22(19-7-3-1-4-8-19)26-17-15-25(16-18-26)14-6-2-5-13-24;2*1-2;/h1,3-4,7-12,22H,2,5-6,14-18H2;2*1-2H3;1H4. The lowest BCUT2D eigenvalue weighted by atomic mass is 9.96. The molecule has 1 fully saturated rings. The zero-order valence-corrected chi connectivity index (χ0v) is 19.9. The third-order valence-electron chi connectivity index (χ3n) is 5.09. The molecule has 172 valence electrons. The molecule has 0 saturated carbocycles. The smallest absolute Gasteiger partial charge is 0.0621 e. The molecule has 0 bridgehead atoms. The molecule has 1 aliphatic heterocycles. The van der Waals surface area contributed by atoms with Crippen molar-refractivity contribution >= 4 is 11.6 Å². The van der Waals surface area contributed by atoms with Crippen LogP contribution in [0.15, 0.2) is 54.6 Å². The topological polar surface area (TPSA) is 30.3 Å². The number of nitrogens with zero attached hydrogens (tertiary/aromatic N) is 3. The average molecular weight is 444 g/mol. The van der Waals surface area contributed by atoms with Crippen LogP contribution in [0.2, 0.25) is 5.02 Å². The van der Waals surface area contributed by atoms with Crippen molar-refractivity contribution in [2.75, 3.05) is 32.7 Å². The van der Waals surface area contributed by atoms with Gasteiger partial charge >= 0.3 is 0 Å². The molecule has 4 heteroatoms. The number of piperazine rings is 1. The van der Waals surface area contributed by atoms with Crippen LogP contribution in [-0.2, 0) is 0 Å². The summed E-state index contributed by atoms with van der Waals surface area (Å²) in [6.07, 6.45) is 2.80. The lowest BCUT2D eigenvalue weighted by molar-refractivity contribution is 0.108. The SMILES string of the molecule is C.CC.CC.N#CCCCCN1CCN(C(c2ccccc2)c2ccc(Cl)cc2)CC1. The second kappa shape index (κ2) is 17.8. The van der Waals surface area contributed by atoms with Crippen LogP contribution < -0.4 is 0 Å². The minimum atomic E-state index is 0. The number of halogens is 1. The number of hydrogen-bond donors (Lipinski definition) is 0. The molecule has 0 aliphatic carbocycles. The van der Waals surface area contributed by atoms with Crippen LogP contribution in [0.1, 0.15) is 71.6 Å². The van der Waals surface area contributed by atoms with Crippen molar-refractivity contribution in [3.8, 4) is 6.07 Å². The Kier molecular flexibility index (Phi) is 16.7. The van der Waals surface area contributed by atoms with Gasteiger partial charge in [-0.05, 0) is 42.6 Å². The second-order valence-electron chi connectivity index (χ2n) is 6.86.